The number of carbonyl (C=O) groups excluding carboxylic acids is 2. The summed E-state index contributed by atoms with van der Waals surface area (Å²) in [6, 6.07) is 14.2. The first-order chi connectivity index (χ1) is 12.8. The molecular formula is C23H28N2O2. The van der Waals surface area contributed by atoms with E-state index in [-0.39, 0.29) is 17.9 Å². The zero-order valence-corrected chi connectivity index (χ0v) is 16.8. The first kappa shape index (κ1) is 19.2. The van der Waals surface area contributed by atoms with Gasteiger partial charge in [-0.05, 0) is 54.7 Å². The van der Waals surface area contributed by atoms with Crippen LogP contribution < -0.4 is 4.90 Å². The lowest BCUT2D eigenvalue weighted by molar-refractivity contribution is -0.130. The van der Waals surface area contributed by atoms with Crippen molar-refractivity contribution < 1.29 is 9.59 Å². The van der Waals surface area contributed by atoms with Crippen LogP contribution in [0, 0.1) is 0 Å². The summed E-state index contributed by atoms with van der Waals surface area (Å²) in [6.45, 7) is 8.88. The Morgan fingerprint density at radius 2 is 1.74 bits per heavy atom. The van der Waals surface area contributed by atoms with Crippen LogP contribution in [0.4, 0.5) is 5.69 Å². The van der Waals surface area contributed by atoms with Crippen molar-refractivity contribution in [2.75, 3.05) is 11.9 Å². The molecule has 2 aromatic carbocycles. The highest BCUT2D eigenvalue weighted by Gasteiger charge is 2.29. The molecule has 0 spiro atoms. The van der Waals surface area contributed by atoms with Gasteiger partial charge in [0.15, 0.2) is 0 Å². The second kappa shape index (κ2) is 7.55. The minimum Gasteiger partial charge on any atom is -0.343 e. The zero-order valence-electron chi connectivity index (χ0n) is 16.8. The van der Waals surface area contributed by atoms with Gasteiger partial charge >= 0.3 is 0 Å². The van der Waals surface area contributed by atoms with Crippen molar-refractivity contribution in [1.29, 1.82) is 0 Å². The first-order valence-electron chi connectivity index (χ1n) is 9.57. The van der Waals surface area contributed by atoms with Crippen LogP contribution in [0.2, 0.25) is 0 Å². The Bertz CT molecular complexity index is 853. The smallest absolute Gasteiger partial charge is 0.258 e. The largest absolute Gasteiger partial charge is 0.343 e. The summed E-state index contributed by atoms with van der Waals surface area (Å²) in [5.41, 5.74) is 4.79. The Labute approximate surface area is 161 Å². The number of carbonyl (C=O) groups is 2. The van der Waals surface area contributed by atoms with Crippen LogP contribution in [0.15, 0.2) is 42.5 Å². The van der Waals surface area contributed by atoms with Gasteiger partial charge in [0.05, 0.1) is 13.0 Å². The number of amides is 2. The van der Waals surface area contributed by atoms with Gasteiger partial charge in [0.2, 0.25) is 5.91 Å². The summed E-state index contributed by atoms with van der Waals surface area (Å²) in [5, 5.41) is 0. The Hall–Kier alpha value is -2.62. The molecule has 2 amide bonds. The zero-order chi connectivity index (χ0) is 19.7. The van der Waals surface area contributed by atoms with Crippen molar-refractivity contribution in [1.82, 2.24) is 4.90 Å². The lowest BCUT2D eigenvalue weighted by atomic mass is 10.0. The molecule has 0 atom stereocenters. The molecule has 0 saturated carbocycles. The fourth-order valence-electron chi connectivity index (χ4n) is 3.29. The predicted octanol–water partition coefficient (Wildman–Crippen LogP) is 4.38. The third-order valence-electron chi connectivity index (χ3n) is 5.37. The summed E-state index contributed by atoms with van der Waals surface area (Å²) in [7, 11) is 1.81. The van der Waals surface area contributed by atoms with Crippen LogP contribution in [0.1, 0.15) is 60.7 Å². The number of nitrogens with zero attached hydrogens (tertiary/aromatic N) is 2. The molecule has 3 rings (SSSR count). The quantitative estimate of drug-likeness (QED) is 0.790. The van der Waals surface area contributed by atoms with E-state index in [1.165, 1.54) is 5.56 Å². The highest BCUT2D eigenvalue weighted by molar-refractivity contribution is 6.10. The maximum Gasteiger partial charge on any atom is 0.258 e. The molecule has 1 heterocycles. The normalized spacial score (nSPS) is 13.4. The molecule has 0 fully saturated rings. The van der Waals surface area contributed by atoms with Crippen molar-refractivity contribution >= 4 is 17.5 Å². The highest BCUT2D eigenvalue weighted by atomic mass is 16.2. The topological polar surface area (TPSA) is 40.6 Å². The van der Waals surface area contributed by atoms with E-state index >= 15 is 0 Å². The third-order valence-corrected chi connectivity index (χ3v) is 5.37. The van der Waals surface area contributed by atoms with Gasteiger partial charge in [0.1, 0.15) is 0 Å². The van der Waals surface area contributed by atoms with Gasteiger partial charge in [-0.15, -0.1) is 0 Å². The van der Waals surface area contributed by atoms with E-state index in [9.17, 15) is 9.59 Å². The van der Waals surface area contributed by atoms with Crippen LogP contribution in [0.3, 0.4) is 0 Å². The van der Waals surface area contributed by atoms with E-state index in [0.29, 0.717) is 24.4 Å². The third kappa shape index (κ3) is 3.90. The second-order valence-corrected chi connectivity index (χ2v) is 7.90. The van der Waals surface area contributed by atoms with Crippen LogP contribution in [0.5, 0.6) is 0 Å². The standard InChI is InChI=1S/C23H28N2O2/c1-15(2)18-8-10-20(11-9-18)25-14-19-7-6-17(12-21(19)23(25)27)13-22(26)24(5)16(3)4/h6-12,15-16H,13-14H2,1-5H3. The monoisotopic (exact) mass is 364 g/mol. The second-order valence-electron chi connectivity index (χ2n) is 7.90. The maximum atomic E-state index is 12.9. The molecule has 0 aromatic heterocycles. The fourth-order valence-corrected chi connectivity index (χ4v) is 3.29. The molecule has 0 aliphatic carbocycles. The minimum atomic E-state index is 0.00816. The molecule has 27 heavy (non-hydrogen) atoms. The first-order valence-corrected chi connectivity index (χ1v) is 9.57. The van der Waals surface area contributed by atoms with Gasteiger partial charge in [0, 0.05) is 24.3 Å². The average Bonchev–Trinajstić information content (AvgIpc) is 2.97. The van der Waals surface area contributed by atoms with Crippen molar-refractivity contribution in [3.05, 3.63) is 64.7 Å². The van der Waals surface area contributed by atoms with Gasteiger partial charge in [-0.3, -0.25) is 9.59 Å². The Kier molecular flexibility index (Phi) is 5.36. The van der Waals surface area contributed by atoms with Gasteiger partial charge in [-0.2, -0.15) is 0 Å². The van der Waals surface area contributed by atoms with Gasteiger partial charge in [-0.1, -0.05) is 38.1 Å². The van der Waals surface area contributed by atoms with Crippen molar-refractivity contribution in [2.45, 2.75) is 52.6 Å². The van der Waals surface area contributed by atoms with Gasteiger partial charge in [-0.25, -0.2) is 0 Å². The van der Waals surface area contributed by atoms with E-state index < -0.39 is 0 Å². The molecule has 1 aliphatic rings. The average molecular weight is 364 g/mol. The number of hydrogen-bond acceptors (Lipinski definition) is 2. The summed E-state index contributed by atoms with van der Waals surface area (Å²) >= 11 is 0. The van der Waals surface area contributed by atoms with E-state index in [1.807, 2.05) is 51.2 Å². The van der Waals surface area contributed by atoms with E-state index in [0.717, 1.165) is 16.8 Å². The number of rotatable bonds is 5. The fraction of sp³-hybridized carbons (Fsp3) is 0.391. The molecule has 0 radical (unpaired) electrons. The number of hydrogen-bond donors (Lipinski definition) is 0. The van der Waals surface area contributed by atoms with E-state index in [4.69, 9.17) is 0 Å². The molecule has 4 nitrogen and oxygen atoms in total. The number of likely N-dealkylation sites (N-methyl/N-ethyl adjacent to an activating group) is 1. The van der Waals surface area contributed by atoms with Crippen molar-refractivity contribution in [2.24, 2.45) is 0 Å². The molecule has 4 heteroatoms. The summed E-state index contributed by atoms with van der Waals surface area (Å²) in [4.78, 5) is 28.8. The Morgan fingerprint density at radius 3 is 2.33 bits per heavy atom. The van der Waals surface area contributed by atoms with Crippen molar-refractivity contribution in [3.63, 3.8) is 0 Å². The lowest BCUT2D eigenvalue weighted by Crippen LogP contribution is -2.34. The van der Waals surface area contributed by atoms with Crippen LogP contribution in [-0.2, 0) is 17.8 Å². The predicted molar refractivity (Wildman–Crippen MR) is 109 cm³/mol. The maximum absolute atomic E-state index is 12.9. The molecule has 142 valence electrons. The SMILES string of the molecule is CC(C)c1ccc(N2Cc3ccc(CC(=O)N(C)C(C)C)cc3C2=O)cc1. The van der Waals surface area contributed by atoms with Crippen LogP contribution in [0.25, 0.3) is 0 Å². The minimum absolute atomic E-state index is 0.00816. The Morgan fingerprint density at radius 1 is 1.07 bits per heavy atom. The van der Waals surface area contributed by atoms with Gasteiger partial charge in [0.25, 0.3) is 5.91 Å². The summed E-state index contributed by atoms with van der Waals surface area (Å²) in [6.07, 6.45) is 0.318. The molecule has 0 bridgehead atoms. The van der Waals surface area contributed by atoms with Crippen molar-refractivity contribution in [3.8, 4) is 0 Å². The van der Waals surface area contributed by atoms with E-state index in [2.05, 4.69) is 26.0 Å². The van der Waals surface area contributed by atoms with Gasteiger partial charge < -0.3 is 9.80 Å². The lowest BCUT2D eigenvalue weighted by Gasteiger charge is -2.21. The molecule has 0 N–H and O–H groups in total. The molecule has 0 saturated heterocycles. The number of benzene rings is 2. The number of anilines is 1. The van der Waals surface area contributed by atoms with Crippen LogP contribution >= 0.6 is 0 Å². The number of fused-ring (bicyclic) bond motifs is 1. The molecule has 1 aliphatic heterocycles. The highest BCUT2D eigenvalue weighted by Crippen LogP contribution is 2.30. The molecule has 0 unspecified atom stereocenters. The molecular weight excluding hydrogens is 336 g/mol. The summed E-state index contributed by atoms with van der Waals surface area (Å²) in [5.74, 6) is 0.542. The Balaban J connectivity index is 1.78. The molecule has 2 aromatic rings. The summed E-state index contributed by atoms with van der Waals surface area (Å²) < 4.78 is 0. The van der Waals surface area contributed by atoms with Crippen LogP contribution in [-0.4, -0.2) is 29.8 Å². The van der Waals surface area contributed by atoms with E-state index in [1.54, 1.807) is 9.80 Å².